The maximum absolute atomic E-state index is 13.2. The van der Waals surface area contributed by atoms with Gasteiger partial charge in [0.15, 0.2) is 0 Å². The maximum Gasteiger partial charge on any atom is 0.313 e. The Morgan fingerprint density at radius 3 is 2.67 bits per heavy atom. The molecule has 7 heteroatoms. The molecule has 4 rings (SSSR count). The number of hydrogen-bond donors (Lipinski definition) is 4. The fourth-order valence-corrected chi connectivity index (χ4v) is 5.88. The van der Waals surface area contributed by atoms with Crippen molar-refractivity contribution in [1.82, 2.24) is 0 Å². The van der Waals surface area contributed by atoms with Crippen LogP contribution >= 0.6 is 0 Å². The van der Waals surface area contributed by atoms with Crippen molar-refractivity contribution in [2.24, 2.45) is 22.7 Å². The molecule has 0 unspecified atom stereocenters. The Kier molecular flexibility index (Phi) is 4.27. The lowest BCUT2D eigenvalue weighted by Crippen LogP contribution is -2.68. The number of carbonyl (C=O) groups is 1. The minimum absolute atomic E-state index is 0.277. The Morgan fingerprint density at radius 2 is 2.04 bits per heavy atom. The number of rotatable bonds is 2. The van der Waals surface area contributed by atoms with Crippen LogP contribution in [0.2, 0.25) is 0 Å². The van der Waals surface area contributed by atoms with Crippen LogP contribution in [0.3, 0.4) is 0 Å². The van der Waals surface area contributed by atoms with Crippen LogP contribution < -0.4 is 0 Å². The Bertz CT molecular complexity index is 744. The third-order valence-electron chi connectivity index (χ3n) is 7.48. The minimum Gasteiger partial charge on any atom is -0.472 e. The van der Waals surface area contributed by atoms with Gasteiger partial charge >= 0.3 is 5.97 Å². The van der Waals surface area contributed by atoms with Crippen molar-refractivity contribution in [1.29, 1.82) is 0 Å². The quantitative estimate of drug-likeness (QED) is 0.446. The standard InChI is InChI=1S/C20H26O7/c1-10-13(22)3-4-15-19(11(2)16(23)17(24)20(10,15)9-21)7-14(27-18(19)25)12-5-6-26-8-12/h5-6,8,11,13-17,21-24H,1,3-4,7,9H2,2H3/t11-,13-,14+,15-,16-,17-,19-,20+/m1/s1. The molecule has 0 aromatic carbocycles. The van der Waals surface area contributed by atoms with E-state index in [0.29, 0.717) is 19.3 Å². The van der Waals surface area contributed by atoms with Crippen molar-refractivity contribution in [3.8, 4) is 0 Å². The van der Waals surface area contributed by atoms with Gasteiger partial charge in [-0.2, -0.15) is 0 Å². The van der Waals surface area contributed by atoms with Crippen LogP contribution in [0.5, 0.6) is 0 Å². The summed E-state index contributed by atoms with van der Waals surface area (Å²) in [6, 6.07) is 1.73. The number of hydrogen-bond acceptors (Lipinski definition) is 7. The summed E-state index contributed by atoms with van der Waals surface area (Å²) in [6.07, 6.45) is 0.148. The number of fused-ring (bicyclic) bond motifs is 2. The Balaban J connectivity index is 1.84. The van der Waals surface area contributed by atoms with Crippen LogP contribution in [0.15, 0.2) is 35.2 Å². The Hall–Kier alpha value is -1.67. The summed E-state index contributed by atoms with van der Waals surface area (Å²) < 4.78 is 10.8. The summed E-state index contributed by atoms with van der Waals surface area (Å²) in [7, 11) is 0. The van der Waals surface area contributed by atoms with Gasteiger partial charge in [0.2, 0.25) is 0 Å². The summed E-state index contributed by atoms with van der Waals surface area (Å²) in [4.78, 5) is 13.2. The second-order valence-electron chi connectivity index (χ2n) is 8.29. The number of ether oxygens (including phenoxy) is 1. The van der Waals surface area contributed by atoms with E-state index < -0.39 is 59.7 Å². The number of aliphatic hydroxyl groups excluding tert-OH is 4. The molecule has 27 heavy (non-hydrogen) atoms. The first kappa shape index (κ1) is 18.7. The molecule has 1 aliphatic heterocycles. The summed E-state index contributed by atoms with van der Waals surface area (Å²) in [5.74, 6) is -1.52. The molecule has 1 aromatic rings. The first-order chi connectivity index (χ1) is 12.8. The SMILES string of the molecule is C=C1[C@H](O)CC[C@@H]2[C@@]3(C[C@@H](c4ccoc4)OC3=O)[C@H](C)[C@@H](O)[C@@H](O)[C@@]12CO. The molecule has 8 atom stereocenters. The van der Waals surface area contributed by atoms with E-state index in [4.69, 9.17) is 9.15 Å². The molecule has 0 bridgehead atoms. The lowest BCUT2D eigenvalue weighted by atomic mass is 9.43. The highest BCUT2D eigenvalue weighted by Crippen LogP contribution is 2.66. The number of esters is 1. The number of aliphatic hydroxyl groups is 4. The van der Waals surface area contributed by atoms with Gasteiger partial charge in [-0.25, -0.2) is 0 Å². The molecule has 2 saturated carbocycles. The van der Waals surface area contributed by atoms with Crippen LogP contribution in [0.1, 0.15) is 37.9 Å². The number of cyclic esters (lactones) is 1. The lowest BCUT2D eigenvalue weighted by Gasteiger charge is -2.61. The minimum atomic E-state index is -1.35. The molecule has 1 spiro atoms. The highest BCUT2D eigenvalue weighted by Gasteiger charge is 2.71. The molecule has 1 aromatic heterocycles. The second kappa shape index (κ2) is 6.17. The summed E-state index contributed by atoms with van der Waals surface area (Å²) >= 11 is 0. The third kappa shape index (κ3) is 2.20. The number of carbonyl (C=O) groups excluding carboxylic acids is 1. The van der Waals surface area contributed by atoms with E-state index in [9.17, 15) is 25.2 Å². The zero-order valence-electron chi connectivity index (χ0n) is 15.2. The van der Waals surface area contributed by atoms with E-state index in [-0.39, 0.29) is 5.57 Å². The largest absolute Gasteiger partial charge is 0.472 e. The molecule has 148 valence electrons. The maximum atomic E-state index is 13.2. The van der Waals surface area contributed by atoms with Crippen LogP contribution in [0.25, 0.3) is 0 Å². The van der Waals surface area contributed by atoms with E-state index in [1.807, 2.05) is 0 Å². The van der Waals surface area contributed by atoms with E-state index in [1.54, 1.807) is 13.0 Å². The van der Waals surface area contributed by atoms with Gasteiger partial charge in [-0.3, -0.25) is 4.79 Å². The zero-order valence-corrected chi connectivity index (χ0v) is 15.2. The predicted molar refractivity (Wildman–Crippen MR) is 93.2 cm³/mol. The van der Waals surface area contributed by atoms with Crippen molar-refractivity contribution in [2.75, 3.05) is 6.61 Å². The molecule has 0 radical (unpaired) electrons. The zero-order chi connectivity index (χ0) is 19.6. The molecule has 3 fully saturated rings. The van der Waals surface area contributed by atoms with Crippen LogP contribution in [0.4, 0.5) is 0 Å². The van der Waals surface area contributed by atoms with Gasteiger partial charge in [-0.05, 0) is 30.4 Å². The van der Waals surface area contributed by atoms with E-state index >= 15 is 0 Å². The topological polar surface area (TPSA) is 120 Å². The van der Waals surface area contributed by atoms with Crippen molar-refractivity contribution in [3.63, 3.8) is 0 Å². The molecule has 1 saturated heterocycles. The van der Waals surface area contributed by atoms with Crippen molar-refractivity contribution < 1.29 is 34.4 Å². The number of furan rings is 1. The summed E-state index contributed by atoms with van der Waals surface area (Å²) in [6.45, 7) is 5.16. The van der Waals surface area contributed by atoms with Gasteiger partial charge < -0.3 is 29.6 Å². The fraction of sp³-hybridized carbons (Fsp3) is 0.650. The van der Waals surface area contributed by atoms with Gasteiger partial charge in [-0.15, -0.1) is 0 Å². The van der Waals surface area contributed by atoms with Gasteiger partial charge in [-0.1, -0.05) is 13.5 Å². The van der Waals surface area contributed by atoms with Gasteiger partial charge in [0.05, 0.1) is 42.9 Å². The molecule has 3 aliphatic rings. The van der Waals surface area contributed by atoms with Gasteiger partial charge in [0, 0.05) is 23.3 Å². The van der Waals surface area contributed by atoms with E-state index in [2.05, 4.69) is 6.58 Å². The van der Waals surface area contributed by atoms with E-state index in [0.717, 1.165) is 5.56 Å². The average Bonchev–Trinajstić information content (AvgIpc) is 3.30. The van der Waals surface area contributed by atoms with Gasteiger partial charge in [0.25, 0.3) is 0 Å². The monoisotopic (exact) mass is 378 g/mol. The van der Waals surface area contributed by atoms with Crippen molar-refractivity contribution in [3.05, 3.63) is 36.3 Å². The molecule has 7 nitrogen and oxygen atoms in total. The molecule has 4 N–H and O–H groups in total. The van der Waals surface area contributed by atoms with Gasteiger partial charge in [0.1, 0.15) is 6.10 Å². The normalized spacial score (nSPS) is 47.1. The highest BCUT2D eigenvalue weighted by molar-refractivity contribution is 5.81. The average molecular weight is 378 g/mol. The molecule has 0 amide bonds. The predicted octanol–water partition coefficient (Wildman–Crippen LogP) is 0.931. The Morgan fingerprint density at radius 1 is 1.30 bits per heavy atom. The van der Waals surface area contributed by atoms with Crippen LogP contribution in [-0.4, -0.2) is 51.3 Å². The third-order valence-corrected chi connectivity index (χ3v) is 7.48. The molecule has 2 aliphatic carbocycles. The van der Waals surface area contributed by atoms with Crippen molar-refractivity contribution >= 4 is 5.97 Å². The highest BCUT2D eigenvalue weighted by atomic mass is 16.6. The lowest BCUT2D eigenvalue weighted by molar-refractivity contribution is -0.220. The molecular weight excluding hydrogens is 352 g/mol. The Labute approximate surface area is 157 Å². The van der Waals surface area contributed by atoms with Crippen molar-refractivity contribution in [2.45, 2.75) is 50.6 Å². The fourth-order valence-electron chi connectivity index (χ4n) is 5.88. The molecule has 2 heterocycles. The summed E-state index contributed by atoms with van der Waals surface area (Å²) in [5, 5.41) is 42.4. The van der Waals surface area contributed by atoms with E-state index in [1.165, 1.54) is 12.5 Å². The summed E-state index contributed by atoms with van der Waals surface area (Å²) in [5.41, 5.74) is -1.43. The second-order valence-corrected chi connectivity index (χ2v) is 8.29. The first-order valence-corrected chi connectivity index (χ1v) is 9.38. The molecular formula is C20H26O7. The smallest absolute Gasteiger partial charge is 0.313 e. The first-order valence-electron chi connectivity index (χ1n) is 9.38. The van der Waals surface area contributed by atoms with Crippen LogP contribution in [0, 0.1) is 22.7 Å². The van der Waals surface area contributed by atoms with Crippen LogP contribution in [-0.2, 0) is 9.53 Å².